The zero-order valence-corrected chi connectivity index (χ0v) is 12.6. The van der Waals surface area contributed by atoms with Crippen molar-refractivity contribution in [2.45, 2.75) is 69.7 Å². The van der Waals surface area contributed by atoms with Gasteiger partial charge in [0.2, 0.25) is 0 Å². The molecule has 116 valence electrons. The van der Waals surface area contributed by atoms with Crippen molar-refractivity contribution in [3.05, 3.63) is 0 Å². The van der Waals surface area contributed by atoms with Crippen molar-refractivity contribution in [1.29, 1.82) is 5.26 Å². The Kier molecular flexibility index (Phi) is 3.11. The molecule has 4 saturated carbocycles. The SMILES string of the molecule is CC(F)C(C)C(=O)OC12CC3CC(O)(CC(C#N)(C3)C1)C2. The number of hydrogen-bond donors (Lipinski definition) is 1. The molecule has 4 aliphatic carbocycles. The Morgan fingerprint density at radius 3 is 2.62 bits per heavy atom. The third kappa shape index (κ3) is 2.34. The van der Waals surface area contributed by atoms with Gasteiger partial charge in [0.15, 0.2) is 0 Å². The molecule has 0 saturated heterocycles. The van der Waals surface area contributed by atoms with Crippen LogP contribution in [0.3, 0.4) is 0 Å². The molecule has 21 heavy (non-hydrogen) atoms. The van der Waals surface area contributed by atoms with Crippen molar-refractivity contribution < 1.29 is 19.0 Å². The third-order valence-corrected chi connectivity index (χ3v) is 5.60. The fraction of sp³-hybridized carbons (Fsp3) is 0.875. The van der Waals surface area contributed by atoms with Crippen molar-refractivity contribution in [3.8, 4) is 6.07 Å². The largest absolute Gasteiger partial charge is 0.459 e. The minimum atomic E-state index is -1.26. The van der Waals surface area contributed by atoms with E-state index in [2.05, 4.69) is 6.07 Å². The summed E-state index contributed by atoms with van der Waals surface area (Å²) in [6.07, 6.45) is 2.23. The zero-order chi connectivity index (χ0) is 15.5. The minimum Gasteiger partial charge on any atom is -0.459 e. The summed E-state index contributed by atoms with van der Waals surface area (Å²) in [5.74, 6) is -1.15. The van der Waals surface area contributed by atoms with Crippen LogP contribution in [0.15, 0.2) is 0 Å². The van der Waals surface area contributed by atoms with Crippen LogP contribution in [0.1, 0.15) is 52.4 Å². The number of alkyl halides is 1. The number of carbonyl (C=O) groups is 1. The molecule has 4 bridgehead atoms. The van der Waals surface area contributed by atoms with E-state index in [9.17, 15) is 19.6 Å². The first-order valence-electron chi connectivity index (χ1n) is 7.71. The second-order valence-electron chi connectivity index (χ2n) is 7.70. The van der Waals surface area contributed by atoms with Gasteiger partial charge in [0, 0.05) is 12.8 Å². The monoisotopic (exact) mass is 295 g/mol. The van der Waals surface area contributed by atoms with Crippen LogP contribution in [-0.2, 0) is 9.53 Å². The maximum atomic E-state index is 13.3. The van der Waals surface area contributed by atoms with Crippen LogP contribution in [0.2, 0.25) is 0 Å². The summed E-state index contributed by atoms with van der Waals surface area (Å²) in [7, 11) is 0. The molecular weight excluding hydrogens is 273 g/mol. The maximum absolute atomic E-state index is 13.3. The highest BCUT2D eigenvalue weighted by molar-refractivity contribution is 5.73. The van der Waals surface area contributed by atoms with Crippen LogP contribution in [0.4, 0.5) is 4.39 Å². The summed E-state index contributed by atoms with van der Waals surface area (Å²) in [4.78, 5) is 12.1. The van der Waals surface area contributed by atoms with E-state index in [1.54, 1.807) is 0 Å². The number of hydrogen-bond acceptors (Lipinski definition) is 4. The van der Waals surface area contributed by atoms with Gasteiger partial charge in [-0.1, -0.05) is 0 Å². The molecule has 4 nitrogen and oxygen atoms in total. The lowest BCUT2D eigenvalue weighted by Crippen LogP contribution is -2.64. The average Bonchev–Trinajstić information content (AvgIpc) is 2.34. The average molecular weight is 295 g/mol. The number of halogens is 1. The molecule has 4 fully saturated rings. The lowest BCUT2D eigenvalue weighted by atomic mass is 9.46. The standard InChI is InChI=1S/C16H22FNO3/c1-10(11(2)17)13(19)21-16-5-12-3-14(7-16,9-18)6-15(20,4-12)8-16/h10-12,20H,3-8H2,1-2H3. The molecule has 4 aliphatic rings. The van der Waals surface area contributed by atoms with E-state index >= 15 is 0 Å². The summed E-state index contributed by atoms with van der Waals surface area (Å²) < 4.78 is 19.0. The summed E-state index contributed by atoms with van der Waals surface area (Å²) >= 11 is 0. The van der Waals surface area contributed by atoms with Gasteiger partial charge in [0.1, 0.15) is 11.8 Å². The lowest BCUT2D eigenvalue weighted by molar-refractivity contribution is -0.234. The number of esters is 1. The van der Waals surface area contributed by atoms with Crippen LogP contribution >= 0.6 is 0 Å². The Morgan fingerprint density at radius 2 is 2.05 bits per heavy atom. The Morgan fingerprint density at radius 1 is 1.33 bits per heavy atom. The van der Waals surface area contributed by atoms with Gasteiger partial charge >= 0.3 is 5.97 Å². The van der Waals surface area contributed by atoms with Crippen LogP contribution in [0.5, 0.6) is 0 Å². The highest BCUT2D eigenvalue weighted by Gasteiger charge is 2.65. The summed E-state index contributed by atoms with van der Waals surface area (Å²) in [5, 5.41) is 20.2. The molecule has 6 unspecified atom stereocenters. The number of aliphatic hydroxyl groups is 1. The normalized spacial score (nSPS) is 46.7. The van der Waals surface area contributed by atoms with E-state index in [1.165, 1.54) is 13.8 Å². The van der Waals surface area contributed by atoms with Crippen LogP contribution in [-0.4, -0.2) is 28.4 Å². The Balaban J connectivity index is 1.85. The molecule has 0 amide bonds. The molecule has 5 heteroatoms. The summed E-state index contributed by atoms with van der Waals surface area (Å²) in [6.45, 7) is 2.86. The van der Waals surface area contributed by atoms with E-state index in [1.807, 2.05) is 0 Å². The Hall–Kier alpha value is -1.15. The predicted molar refractivity (Wildman–Crippen MR) is 72.7 cm³/mol. The fourth-order valence-electron chi connectivity index (χ4n) is 5.03. The second-order valence-corrected chi connectivity index (χ2v) is 7.70. The van der Waals surface area contributed by atoms with E-state index in [-0.39, 0.29) is 5.92 Å². The molecule has 0 heterocycles. The molecule has 0 radical (unpaired) electrons. The fourth-order valence-corrected chi connectivity index (χ4v) is 5.03. The molecule has 6 atom stereocenters. The molecule has 1 N–H and O–H groups in total. The van der Waals surface area contributed by atoms with Crippen LogP contribution in [0.25, 0.3) is 0 Å². The number of nitriles is 1. The molecule has 0 aromatic rings. The van der Waals surface area contributed by atoms with Crippen molar-refractivity contribution >= 4 is 5.97 Å². The van der Waals surface area contributed by atoms with Gasteiger partial charge in [0.05, 0.1) is 23.0 Å². The first-order chi connectivity index (χ1) is 9.71. The molecule has 0 aromatic heterocycles. The van der Waals surface area contributed by atoms with Gasteiger partial charge in [-0.25, -0.2) is 4.39 Å². The minimum absolute atomic E-state index is 0.219. The zero-order valence-electron chi connectivity index (χ0n) is 12.6. The van der Waals surface area contributed by atoms with Gasteiger partial charge in [-0.15, -0.1) is 0 Å². The number of nitrogens with zero attached hydrogens (tertiary/aromatic N) is 1. The quantitative estimate of drug-likeness (QED) is 0.812. The summed E-state index contributed by atoms with van der Waals surface area (Å²) in [5.41, 5.74) is -2.26. The van der Waals surface area contributed by atoms with Crippen molar-refractivity contribution in [3.63, 3.8) is 0 Å². The second kappa shape index (κ2) is 4.42. The highest BCUT2D eigenvalue weighted by Crippen LogP contribution is 2.64. The van der Waals surface area contributed by atoms with Crippen molar-refractivity contribution in [2.75, 3.05) is 0 Å². The van der Waals surface area contributed by atoms with Crippen molar-refractivity contribution in [2.24, 2.45) is 17.3 Å². The van der Waals surface area contributed by atoms with Crippen molar-refractivity contribution in [1.82, 2.24) is 0 Å². The van der Waals surface area contributed by atoms with Gasteiger partial charge in [0.25, 0.3) is 0 Å². The number of carbonyl (C=O) groups excluding carboxylic acids is 1. The predicted octanol–water partition coefficient (Wildman–Crippen LogP) is 2.50. The molecular formula is C16H22FNO3. The topological polar surface area (TPSA) is 70.3 Å². The van der Waals surface area contributed by atoms with Crippen LogP contribution < -0.4 is 0 Å². The Labute approximate surface area is 124 Å². The van der Waals surface area contributed by atoms with E-state index in [0.717, 1.165) is 6.42 Å². The van der Waals surface area contributed by atoms with Gasteiger partial charge in [-0.3, -0.25) is 4.79 Å². The first-order valence-corrected chi connectivity index (χ1v) is 7.71. The Bertz CT molecular complexity index is 516. The number of rotatable bonds is 3. The van der Waals surface area contributed by atoms with Gasteiger partial charge in [-0.05, 0) is 45.4 Å². The van der Waals surface area contributed by atoms with Gasteiger partial charge < -0.3 is 9.84 Å². The van der Waals surface area contributed by atoms with E-state index in [4.69, 9.17) is 4.74 Å². The molecule has 0 spiro atoms. The molecule has 4 rings (SSSR count). The maximum Gasteiger partial charge on any atom is 0.312 e. The lowest BCUT2D eigenvalue weighted by Gasteiger charge is -2.62. The summed E-state index contributed by atoms with van der Waals surface area (Å²) in [6, 6.07) is 2.36. The first kappa shape index (κ1) is 14.8. The molecule has 0 aliphatic heterocycles. The molecule has 0 aromatic carbocycles. The van der Waals surface area contributed by atoms with Crippen LogP contribution in [0, 0.1) is 28.6 Å². The smallest absolute Gasteiger partial charge is 0.312 e. The van der Waals surface area contributed by atoms with E-state index in [0.29, 0.717) is 32.1 Å². The highest BCUT2D eigenvalue weighted by atomic mass is 19.1. The van der Waals surface area contributed by atoms with Gasteiger partial charge in [-0.2, -0.15) is 5.26 Å². The third-order valence-electron chi connectivity index (χ3n) is 5.60. The number of ether oxygens (including phenoxy) is 1. The van der Waals surface area contributed by atoms with E-state index < -0.39 is 34.7 Å².